The van der Waals surface area contributed by atoms with Gasteiger partial charge >= 0.3 is 12.1 Å². The van der Waals surface area contributed by atoms with Crippen LogP contribution < -0.4 is 14.4 Å². The van der Waals surface area contributed by atoms with Crippen LogP contribution in [0.1, 0.15) is 29.5 Å². The van der Waals surface area contributed by atoms with Crippen molar-refractivity contribution in [3.63, 3.8) is 0 Å². The molecule has 0 bridgehead atoms. The number of carboxylic acids is 1. The van der Waals surface area contributed by atoms with E-state index in [4.69, 9.17) is 26.2 Å². The van der Waals surface area contributed by atoms with Crippen molar-refractivity contribution in [2.75, 3.05) is 18.6 Å². The highest BCUT2D eigenvalue weighted by Gasteiger charge is 2.59. The van der Waals surface area contributed by atoms with Gasteiger partial charge in [-0.2, -0.15) is 13.2 Å². The quantitative estimate of drug-likeness (QED) is 0.394. The Bertz CT molecular complexity index is 1380. The molecule has 11 heteroatoms. The third kappa shape index (κ3) is 5.01. The molecule has 0 aromatic heterocycles. The number of amides is 1. The van der Waals surface area contributed by atoms with Crippen molar-refractivity contribution >= 4 is 29.2 Å². The molecule has 3 aromatic carbocycles. The van der Waals surface area contributed by atoms with E-state index in [2.05, 4.69) is 0 Å². The van der Waals surface area contributed by atoms with Gasteiger partial charge in [0, 0.05) is 23.6 Å². The standard InChI is InChI=1S/C27H23ClF3NO6/c1-15(25-19(28)4-3-5-22(25)38-18-9-6-16(7-10-18)12-24(34)35)26(36,27(29,30)31)17-8-11-21-20(13-17)32(2)23(33)14-37-21/h3-11,13,15,36H,12,14H2,1-2H3,(H,34,35). The third-order valence-electron chi connectivity index (χ3n) is 6.50. The fourth-order valence-electron chi connectivity index (χ4n) is 4.38. The maximum absolute atomic E-state index is 14.7. The van der Waals surface area contributed by atoms with Gasteiger partial charge in [0.1, 0.15) is 17.2 Å². The first-order valence-electron chi connectivity index (χ1n) is 11.4. The van der Waals surface area contributed by atoms with Crippen LogP contribution in [-0.4, -0.2) is 41.9 Å². The number of aliphatic hydroxyl groups is 1. The van der Waals surface area contributed by atoms with E-state index < -0.39 is 35.1 Å². The minimum atomic E-state index is -5.16. The van der Waals surface area contributed by atoms with Crippen LogP contribution in [0.15, 0.2) is 60.7 Å². The molecule has 2 N–H and O–H groups in total. The molecule has 2 atom stereocenters. The zero-order chi connectivity index (χ0) is 27.8. The molecule has 2 unspecified atom stereocenters. The van der Waals surface area contributed by atoms with Gasteiger partial charge in [0.2, 0.25) is 0 Å². The lowest BCUT2D eigenvalue weighted by Crippen LogP contribution is -2.47. The Morgan fingerprint density at radius 2 is 1.84 bits per heavy atom. The second-order valence-corrected chi connectivity index (χ2v) is 9.29. The van der Waals surface area contributed by atoms with Crippen LogP contribution in [0.2, 0.25) is 5.02 Å². The Kier molecular flexibility index (Phi) is 7.31. The van der Waals surface area contributed by atoms with Gasteiger partial charge in [0.05, 0.1) is 12.1 Å². The molecule has 1 amide bonds. The Labute approximate surface area is 221 Å². The average molecular weight is 550 g/mol. The molecule has 3 aromatic rings. The molecule has 38 heavy (non-hydrogen) atoms. The Morgan fingerprint density at radius 1 is 1.16 bits per heavy atom. The van der Waals surface area contributed by atoms with E-state index in [1.165, 1.54) is 67.4 Å². The number of carboxylic acid groups (broad SMARTS) is 1. The maximum atomic E-state index is 14.7. The highest BCUT2D eigenvalue weighted by atomic mass is 35.5. The molecular weight excluding hydrogens is 527 g/mol. The van der Waals surface area contributed by atoms with Crippen LogP contribution in [-0.2, 0) is 21.6 Å². The lowest BCUT2D eigenvalue weighted by atomic mass is 9.77. The lowest BCUT2D eigenvalue weighted by molar-refractivity contribution is -0.274. The first-order chi connectivity index (χ1) is 17.8. The second-order valence-electron chi connectivity index (χ2n) is 8.88. The number of alkyl halides is 3. The van der Waals surface area contributed by atoms with E-state index in [-0.39, 0.29) is 46.5 Å². The number of aliphatic carboxylic acids is 1. The molecule has 0 fully saturated rings. The summed E-state index contributed by atoms with van der Waals surface area (Å²) in [5.74, 6) is -2.71. The monoisotopic (exact) mass is 549 g/mol. The van der Waals surface area contributed by atoms with E-state index in [0.717, 1.165) is 12.1 Å². The summed E-state index contributed by atoms with van der Waals surface area (Å²) in [7, 11) is 1.41. The van der Waals surface area contributed by atoms with Crippen LogP contribution in [0, 0.1) is 0 Å². The molecule has 0 aliphatic carbocycles. The number of benzene rings is 3. The third-order valence-corrected chi connectivity index (χ3v) is 6.83. The number of fused-ring (bicyclic) bond motifs is 1. The summed E-state index contributed by atoms with van der Waals surface area (Å²) in [6, 6.07) is 13.8. The highest BCUT2D eigenvalue weighted by Crippen LogP contribution is 2.53. The zero-order valence-electron chi connectivity index (χ0n) is 20.3. The number of carbonyl (C=O) groups is 2. The van der Waals surface area contributed by atoms with Gasteiger partial charge in [-0.15, -0.1) is 0 Å². The number of ether oxygens (including phenoxy) is 2. The summed E-state index contributed by atoms with van der Waals surface area (Å²) >= 11 is 6.38. The Balaban J connectivity index is 1.77. The number of hydrogen-bond donors (Lipinski definition) is 2. The molecule has 0 saturated heterocycles. The molecule has 200 valence electrons. The topological polar surface area (TPSA) is 96.3 Å². The molecule has 4 rings (SSSR count). The van der Waals surface area contributed by atoms with Crippen molar-refractivity contribution < 1.29 is 42.4 Å². The normalized spacial score (nSPS) is 15.8. The maximum Gasteiger partial charge on any atom is 0.422 e. The van der Waals surface area contributed by atoms with Crippen LogP contribution in [0.3, 0.4) is 0 Å². The van der Waals surface area contributed by atoms with E-state index in [9.17, 15) is 27.9 Å². The molecule has 1 aliphatic rings. The summed E-state index contributed by atoms with van der Waals surface area (Å²) in [4.78, 5) is 24.1. The number of halogens is 4. The number of nitrogens with zero attached hydrogens (tertiary/aromatic N) is 1. The minimum Gasteiger partial charge on any atom is -0.482 e. The molecular formula is C27H23ClF3NO6. The zero-order valence-corrected chi connectivity index (χ0v) is 21.0. The minimum absolute atomic E-state index is 0.0211. The summed E-state index contributed by atoms with van der Waals surface area (Å²) in [6.45, 7) is 0.933. The van der Waals surface area contributed by atoms with Crippen molar-refractivity contribution in [2.24, 2.45) is 0 Å². The van der Waals surface area contributed by atoms with Gasteiger partial charge in [-0.3, -0.25) is 9.59 Å². The summed E-state index contributed by atoms with van der Waals surface area (Å²) in [5, 5.41) is 20.3. The van der Waals surface area contributed by atoms with Crippen molar-refractivity contribution in [1.82, 2.24) is 0 Å². The van der Waals surface area contributed by atoms with Gasteiger partial charge in [-0.05, 0) is 47.5 Å². The molecule has 0 radical (unpaired) electrons. The van der Waals surface area contributed by atoms with Gasteiger partial charge in [-0.25, -0.2) is 0 Å². The van der Waals surface area contributed by atoms with Gasteiger partial charge in [0.15, 0.2) is 12.2 Å². The van der Waals surface area contributed by atoms with E-state index in [1.54, 1.807) is 0 Å². The van der Waals surface area contributed by atoms with E-state index >= 15 is 0 Å². The van der Waals surface area contributed by atoms with Crippen LogP contribution >= 0.6 is 11.6 Å². The number of hydrogen-bond acceptors (Lipinski definition) is 5. The summed E-state index contributed by atoms with van der Waals surface area (Å²) in [5.41, 5.74) is -3.44. The Morgan fingerprint density at radius 3 is 2.47 bits per heavy atom. The predicted octanol–water partition coefficient (Wildman–Crippen LogP) is 5.67. The molecule has 0 spiro atoms. The first kappa shape index (κ1) is 27.3. The van der Waals surface area contributed by atoms with Crippen molar-refractivity contribution in [3.8, 4) is 17.2 Å². The summed E-state index contributed by atoms with van der Waals surface area (Å²) < 4.78 is 55.2. The second kappa shape index (κ2) is 10.2. The molecule has 7 nitrogen and oxygen atoms in total. The predicted molar refractivity (Wildman–Crippen MR) is 133 cm³/mol. The van der Waals surface area contributed by atoms with Crippen molar-refractivity contribution in [3.05, 3.63) is 82.4 Å². The summed E-state index contributed by atoms with van der Waals surface area (Å²) in [6.07, 6.45) is -5.36. The number of rotatable bonds is 7. The molecule has 1 heterocycles. The molecule has 0 saturated carbocycles. The van der Waals surface area contributed by atoms with Crippen LogP contribution in [0.25, 0.3) is 0 Å². The number of carbonyl (C=O) groups excluding carboxylic acids is 1. The van der Waals surface area contributed by atoms with Crippen LogP contribution in [0.5, 0.6) is 17.2 Å². The first-order valence-corrected chi connectivity index (χ1v) is 11.8. The van der Waals surface area contributed by atoms with E-state index in [1.807, 2.05) is 0 Å². The van der Waals surface area contributed by atoms with Crippen LogP contribution in [0.4, 0.5) is 18.9 Å². The lowest BCUT2D eigenvalue weighted by Gasteiger charge is -2.38. The fraction of sp³-hybridized carbons (Fsp3) is 0.259. The van der Waals surface area contributed by atoms with Gasteiger partial charge < -0.3 is 24.6 Å². The largest absolute Gasteiger partial charge is 0.482 e. The number of anilines is 1. The van der Waals surface area contributed by atoms with Gasteiger partial charge in [0.25, 0.3) is 5.91 Å². The Hall–Kier alpha value is -3.76. The number of likely N-dealkylation sites (N-methyl/N-ethyl adjacent to an activating group) is 1. The van der Waals surface area contributed by atoms with E-state index in [0.29, 0.717) is 5.56 Å². The molecule has 1 aliphatic heterocycles. The fourth-order valence-corrected chi connectivity index (χ4v) is 4.71. The average Bonchev–Trinajstić information content (AvgIpc) is 2.85. The van der Waals surface area contributed by atoms with Crippen molar-refractivity contribution in [2.45, 2.75) is 31.0 Å². The van der Waals surface area contributed by atoms with Gasteiger partial charge in [-0.1, -0.05) is 42.8 Å². The smallest absolute Gasteiger partial charge is 0.422 e. The highest BCUT2D eigenvalue weighted by molar-refractivity contribution is 6.31. The van der Waals surface area contributed by atoms with Crippen molar-refractivity contribution in [1.29, 1.82) is 0 Å². The SMILES string of the molecule is CC(c1c(Cl)cccc1Oc1ccc(CC(=O)O)cc1)C(O)(c1ccc2c(c1)N(C)C(=O)CO2)C(F)(F)F.